The molecule has 1 nitrogen and oxygen atoms in total. The second kappa shape index (κ2) is 7.03. The summed E-state index contributed by atoms with van der Waals surface area (Å²) in [6.07, 6.45) is 12.0. The molecule has 0 heterocycles. The van der Waals surface area contributed by atoms with Crippen LogP contribution in [0.2, 0.25) is 0 Å². The molecule has 0 aromatic carbocycles. The minimum atomic E-state index is 0.436. The summed E-state index contributed by atoms with van der Waals surface area (Å²) in [5, 5.41) is 0. The SMILES string of the molecule is CCCCCCC(=O)C1CCCCC1. The van der Waals surface area contributed by atoms with E-state index in [4.69, 9.17) is 0 Å². The quantitative estimate of drug-likeness (QED) is 0.584. The van der Waals surface area contributed by atoms with E-state index in [2.05, 4.69) is 6.92 Å². The number of rotatable bonds is 6. The third-order valence-electron chi connectivity index (χ3n) is 3.34. The summed E-state index contributed by atoms with van der Waals surface area (Å²) in [6.45, 7) is 2.21. The molecule has 0 saturated heterocycles. The highest BCUT2D eigenvalue weighted by molar-refractivity contribution is 5.80. The van der Waals surface area contributed by atoms with Crippen molar-refractivity contribution >= 4 is 5.78 Å². The van der Waals surface area contributed by atoms with Gasteiger partial charge in [-0.2, -0.15) is 0 Å². The second-order valence-electron chi connectivity index (χ2n) is 4.61. The van der Waals surface area contributed by atoms with Crippen LogP contribution in [0.3, 0.4) is 0 Å². The monoisotopic (exact) mass is 196 g/mol. The maximum atomic E-state index is 11.8. The highest BCUT2D eigenvalue weighted by Gasteiger charge is 2.19. The van der Waals surface area contributed by atoms with Crippen LogP contribution < -0.4 is 0 Å². The molecule has 0 atom stereocenters. The van der Waals surface area contributed by atoms with Gasteiger partial charge in [-0.15, -0.1) is 0 Å². The topological polar surface area (TPSA) is 17.1 Å². The van der Waals surface area contributed by atoms with Crippen molar-refractivity contribution in [2.24, 2.45) is 5.92 Å². The molecule has 0 N–H and O–H groups in total. The van der Waals surface area contributed by atoms with Gasteiger partial charge in [-0.05, 0) is 19.3 Å². The molecule has 1 fully saturated rings. The average molecular weight is 196 g/mol. The van der Waals surface area contributed by atoms with Gasteiger partial charge in [0.05, 0.1) is 0 Å². The van der Waals surface area contributed by atoms with Crippen molar-refractivity contribution in [2.45, 2.75) is 71.1 Å². The molecule has 0 amide bonds. The van der Waals surface area contributed by atoms with Crippen LogP contribution in [0.15, 0.2) is 0 Å². The average Bonchev–Trinajstić information content (AvgIpc) is 2.25. The molecule has 82 valence electrons. The van der Waals surface area contributed by atoms with Crippen LogP contribution in [-0.4, -0.2) is 5.78 Å². The van der Waals surface area contributed by atoms with E-state index in [-0.39, 0.29) is 0 Å². The highest BCUT2D eigenvalue weighted by atomic mass is 16.1. The Morgan fingerprint density at radius 1 is 1.07 bits per heavy atom. The maximum Gasteiger partial charge on any atom is 0.135 e. The van der Waals surface area contributed by atoms with Crippen molar-refractivity contribution in [1.82, 2.24) is 0 Å². The fourth-order valence-electron chi connectivity index (χ4n) is 2.35. The van der Waals surface area contributed by atoms with Crippen LogP contribution in [0.5, 0.6) is 0 Å². The van der Waals surface area contributed by atoms with E-state index >= 15 is 0 Å². The summed E-state index contributed by atoms with van der Waals surface area (Å²) in [5.74, 6) is 0.992. The molecule has 0 aromatic heterocycles. The van der Waals surface area contributed by atoms with E-state index in [1.807, 2.05) is 0 Å². The first-order valence-electron chi connectivity index (χ1n) is 6.37. The van der Waals surface area contributed by atoms with Crippen molar-refractivity contribution < 1.29 is 4.79 Å². The normalized spacial score (nSPS) is 18.4. The van der Waals surface area contributed by atoms with Gasteiger partial charge in [-0.25, -0.2) is 0 Å². The van der Waals surface area contributed by atoms with Crippen LogP contribution in [0.25, 0.3) is 0 Å². The summed E-state index contributed by atoms with van der Waals surface area (Å²) >= 11 is 0. The van der Waals surface area contributed by atoms with Gasteiger partial charge < -0.3 is 0 Å². The van der Waals surface area contributed by atoms with Crippen LogP contribution in [0, 0.1) is 5.92 Å². The zero-order chi connectivity index (χ0) is 10.2. The zero-order valence-electron chi connectivity index (χ0n) is 9.56. The van der Waals surface area contributed by atoms with Crippen molar-refractivity contribution in [2.75, 3.05) is 0 Å². The van der Waals surface area contributed by atoms with E-state index in [1.54, 1.807) is 0 Å². The Balaban J connectivity index is 2.07. The first-order chi connectivity index (χ1) is 6.84. The summed E-state index contributed by atoms with van der Waals surface area (Å²) in [4.78, 5) is 11.8. The van der Waals surface area contributed by atoms with Crippen LogP contribution in [0.1, 0.15) is 71.1 Å². The molecule has 1 aliphatic rings. The molecule has 1 aliphatic carbocycles. The summed E-state index contributed by atoms with van der Waals surface area (Å²) in [7, 11) is 0. The van der Waals surface area contributed by atoms with E-state index < -0.39 is 0 Å². The molecule has 14 heavy (non-hydrogen) atoms. The van der Waals surface area contributed by atoms with Gasteiger partial charge in [0.15, 0.2) is 0 Å². The summed E-state index contributed by atoms with van der Waals surface area (Å²) < 4.78 is 0. The molecule has 0 unspecified atom stereocenters. The molecule has 0 bridgehead atoms. The van der Waals surface area contributed by atoms with Gasteiger partial charge in [-0.1, -0.05) is 45.4 Å². The Morgan fingerprint density at radius 2 is 1.79 bits per heavy atom. The van der Waals surface area contributed by atoms with E-state index in [0.29, 0.717) is 11.7 Å². The molecule has 1 heteroatoms. The molecule has 0 aromatic rings. The lowest BCUT2D eigenvalue weighted by molar-refractivity contribution is -0.123. The number of hydrogen-bond acceptors (Lipinski definition) is 1. The third kappa shape index (κ3) is 4.26. The minimum Gasteiger partial charge on any atom is -0.299 e. The van der Waals surface area contributed by atoms with E-state index in [0.717, 1.165) is 12.8 Å². The zero-order valence-corrected chi connectivity index (χ0v) is 9.56. The number of Topliss-reactive ketones (excluding diaryl/α,β-unsaturated/α-hetero) is 1. The Morgan fingerprint density at radius 3 is 2.43 bits per heavy atom. The van der Waals surface area contributed by atoms with Crippen LogP contribution in [-0.2, 0) is 4.79 Å². The van der Waals surface area contributed by atoms with Gasteiger partial charge >= 0.3 is 0 Å². The summed E-state index contributed by atoms with van der Waals surface area (Å²) in [5.41, 5.74) is 0. The van der Waals surface area contributed by atoms with Crippen molar-refractivity contribution in [3.63, 3.8) is 0 Å². The Hall–Kier alpha value is -0.330. The number of carbonyl (C=O) groups is 1. The van der Waals surface area contributed by atoms with Gasteiger partial charge in [-0.3, -0.25) is 4.79 Å². The molecular weight excluding hydrogens is 172 g/mol. The smallest absolute Gasteiger partial charge is 0.135 e. The molecule has 1 rings (SSSR count). The molecule has 0 spiro atoms. The van der Waals surface area contributed by atoms with Crippen molar-refractivity contribution in [3.8, 4) is 0 Å². The van der Waals surface area contributed by atoms with Gasteiger partial charge in [0.25, 0.3) is 0 Å². The number of carbonyl (C=O) groups excluding carboxylic acids is 1. The number of hydrogen-bond donors (Lipinski definition) is 0. The van der Waals surface area contributed by atoms with Gasteiger partial charge in [0.1, 0.15) is 5.78 Å². The molecule has 0 aliphatic heterocycles. The fourth-order valence-corrected chi connectivity index (χ4v) is 2.35. The lowest BCUT2D eigenvalue weighted by atomic mass is 9.84. The van der Waals surface area contributed by atoms with Crippen molar-refractivity contribution in [1.29, 1.82) is 0 Å². The Labute approximate surface area is 88.3 Å². The number of unbranched alkanes of at least 4 members (excludes halogenated alkanes) is 3. The predicted octanol–water partition coefficient (Wildman–Crippen LogP) is 4.11. The molecule has 1 saturated carbocycles. The largest absolute Gasteiger partial charge is 0.299 e. The van der Waals surface area contributed by atoms with E-state index in [1.165, 1.54) is 51.4 Å². The maximum absolute atomic E-state index is 11.8. The predicted molar refractivity (Wildman–Crippen MR) is 60.3 cm³/mol. The highest BCUT2D eigenvalue weighted by Crippen LogP contribution is 2.25. The van der Waals surface area contributed by atoms with Crippen molar-refractivity contribution in [3.05, 3.63) is 0 Å². The molecular formula is C13H24O. The molecule has 0 radical (unpaired) electrons. The summed E-state index contributed by atoms with van der Waals surface area (Å²) in [6, 6.07) is 0. The lowest BCUT2D eigenvalue weighted by Gasteiger charge is -2.20. The fraction of sp³-hybridized carbons (Fsp3) is 0.923. The van der Waals surface area contributed by atoms with Gasteiger partial charge in [0.2, 0.25) is 0 Å². The van der Waals surface area contributed by atoms with Crippen LogP contribution >= 0.6 is 0 Å². The standard InChI is InChI=1S/C13H24O/c1-2-3-4-8-11-13(14)12-9-6-5-7-10-12/h12H,2-11H2,1H3. The first kappa shape index (κ1) is 11.7. The third-order valence-corrected chi connectivity index (χ3v) is 3.34. The number of ketones is 1. The first-order valence-corrected chi connectivity index (χ1v) is 6.37. The lowest BCUT2D eigenvalue weighted by Crippen LogP contribution is -2.17. The van der Waals surface area contributed by atoms with Crippen LogP contribution in [0.4, 0.5) is 0 Å². The van der Waals surface area contributed by atoms with Gasteiger partial charge in [0, 0.05) is 12.3 Å². The second-order valence-corrected chi connectivity index (χ2v) is 4.61. The Kier molecular flexibility index (Phi) is 5.89. The minimum absolute atomic E-state index is 0.436. The Bertz CT molecular complexity index is 157. The van der Waals surface area contributed by atoms with E-state index in [9.17, 15) is 4.79 Å².